The topological polar surface area (TPSA) is 50.7 Å². The van der Waals surface area contributed by atoms with Gasteiger partial charge in [-0.1, -0.05) is 0 Å². The molecule has 0 unspecified atom stereocenters. The fourth-order valence-electron chi connectivity index (χ4n) is 1.25. The molecule has 0 aliphatic carbocycles. The predicted octanol–water partition coefficient (Wildman–Crippen LogP) is 2.77. The number of aliphatic hydroxyl groups excluding tert-OH is 1. The number of aliphatic hydroxyl groups is 1. The number of ether oxygens (including phenoxy) is 2. The van der Waals surface area contributed by atoms with Crippen LogP contribution in [0.5, 0.6) is 5.75 Å². The average molecular weight is 344 g/mol. The molecule has 0 saturated heterocycles. The number of anilines is 1. The number of halogens is 4. The van der Waals surface area contributed by atoms with Gasteiger partial charge in [-0.2, -0.15) is 0 Å². The van der Waals surface area contributed by atoms with Gasteiger partial charge in [-0.05, 0) is 34.1 Å². The third-order valence-electron chi connectivity index (χ3n) is 1.97. The second-order valence-electron chi connectivity index (χ2n) is 3.46. The van der Waals surface area contributed by atoms with Gasteiger partial charge in [0.05, 0.1) is 24.3 Å². The number of benzene rings is 1. The van der Waals surface area contributed by atoms with E-state index in [-0.39, 0.29) is 23.4 Å². The quantitative estimate of drug-likeness (QED) is 0.747. The Morgan fingerprint density at radius 3 is 2.58 bits per heavy atom. The Balaban J connectivity index is 2.47. The van der Waals surface area contributed by atoms with Gasteiger partial charge in [-0.25, -0.2) is 0 Å². The zero-order chi connectivity index (χ0) is 14.3. The van der Waals surface area contributed by atoms with Crippen LogP contribution in [0.25, 0.3) is 0 Å². The summed E-state index contributed by atoms with van der Waals surface area (Å²) in [4.78, 5) is 0. The molecule has 8 heteroatoms. The largest absolute Gasteiger partial charge is 0.573 e. The molecular formula is C11H13BrF3NO3. The van der Waals surface area contributed by atoms with Crippen molar-refractivity contribution in [1.29, 1.82) is 0 Å². The summed E-state index contributed by atoms with van der Waals surface area (Å²) in [6.45, 7) is 1.07. The zero-order valence-corrected chi connectivity index (χ0v) is 11.4. The van der Waals surface area contributed by atoms with Crippen molar-refractivity contribution in [3.63, 3.8) is 0 Å². The maximum Gasteiger partial charge on any atom is 0.573 e. The van der Waals surface area contributed by atoms with E-state index in [0.29, 0.717) is 18.8 Å². The summed E-state index contributed by atoms with van der Waals surface area (Å²) in [5.74, 6) is -0.297. The molecule has 0 bridgehead atoms. The number of alkyl halides is 3. The van der Waals surface area contributed by atoms with E-state index in [2.05, 4.69) is 26.0 Å². The first-order valence-corrected chi connectivity index (χ1v) is 6.19. The van der Waals surface area contributed by atoms with Crippen molar-refractivity contribution in [3.8, 4) is 5.75 Å². The van der Waals surface area contributed by atoms with Crippen LogP contribution in [0.2, 0.25) is 0 Å². The van der Waals surface area contributed by atoms with Crippen molar-refractivity contribution in [3.05, 3.63) is 22.7 Å². The molecule has 0 aliphatic rings. The second kappa shape index (κ2) is 7.56. The van der Waals surface area contributed by atoms with Crippen molar-refractivity contribution >= 4 is 21.6 Å². The van der Waals surface area contributed by atoms with Gasteiger partial charge < -0.3 is 19.9 Å². The highest BCUT2D eigenvalue weighted by Crippen LogP contribution is 2.32. The van der Waals surface area contributed by atoms with Gasteiger partial charge in [0, 0.05) is 12.2 Å². The average Bonchev–Trinajstić information content (AvgIpc) is 2.31. The summed E-state index contributed by atoms with van der Waals surface area (Å²) in [5.41, 5.74) is 0.633. The van der Waals surface area contributed by atoms with Gasteiger partial charge in [0.25, 0.3) is 0 Å². The molecule has 1 aromatic rings. The lowest BCUT2D eigenvalue weighted by molar-refractivity contribution is -0.274. The smallest absolute Gasteiger partial charge is 0.405 e. The number of hydrogen-bond acceptors (Lipinski definition) is 4. The van der Waals surface area contributed by atoms with E-state index < -0.39 is 6.36 Å². The molecule has 4 nitrogen and oxygen atoms in total. The van der Waals surface area contributed by atoms with Crippen LogP contribution in [0.3, 0.4) is 0 Å². The van der Waals surface area contributed by atoms with Gasteiger partial charge >= 0.3 is 6.36 Å². The van der Waals surface area contributed by atoms with E-state index in [1.165, 1.54) is 18.2 Å². The molecule has 0 aliphatic heterocycles. The minimum absolute atomic E-state index is 0.0466. The molecule has 1 aromatic carbocycles. The summed E-state index contributed by atoms with van der Waals surface area (Å²) in [6, 6.07) is 4.17. The number of rotatable bonds is 7. The maximum absolute atomic E-state index is 12.0. The Kier molecular flexibility index (Phi) is 6.40. The van der Waals surface area contributed by atoms with Crippen LogP contribution in [0, 0.1) is 0 Å². The first-order chi connectivity index (χ1) is 8.92. The molecule has 0 spiro atoms. The Bertz CT molecular complexity index is 401. The Labute approximate surface area is 116 Å². The van der Waals surface area contributed by atoms with Crippen LogP contribution in [-0.2, 0) is 4.74 Å². The summed E-state index contributed by atoms with van der Waals surface area (Å²) in [5, 5.41) is 11.4. The molecular weight excluding hydrogens is 331 g/mol. The van der Waals surface area contributed by atoms with Crippen molar-refractivity contribution in [2.45, 2.75) is 6.36 Å². The monoisotopic (exact) mass is 343 g/mol. The maximum atomic E-state index is 12.0. The molecule has 0 radical (unpaired) electrons. The lowest BCUT2D eigenvalue weighted by Gasteiger charge is -2.12. The molecule has 0 amide bonds. The van der Waals surface area contributed by atoms with E-state index >= 15 is 0 Å². The van der Waals surface area contributed by atoms with Gasteiger partial charge in [0.1, 0.15) is 5.75 Å². The fraction of sp³-hybridized carbons (Fsp3) is 0.455. The molecule has 1 rings (SSSR count). The first kappa shape index (κ1) is 16.1. The van der Waals surface area contributed by atoms with Crippen LogP contribution >= 0.6 is 15.9 Å². The summed E-state index contributed by atoms with van der Waals surface area (Å²) < 4.78 is 45.2. The Morgan fingerprint density at radius 1 is 1.26 bits per heavy atom. The minimum atomic E-state index is -4.71. The van der Waals surface area contributed by atoms with Crippen LogP contribution in [0.4, 0.5) is 18.9 Å². The van der Waals surface area contributed by atoms with E-state index in [0.717, 1.165) is 0 Å². The van der Waals surface area contributed by atoms with Gasteiger partial charge in [0.15, 0.2) is 0 Å². The molecule has 2 N–H and O–H groups in total. The van der Waals surface area contributed by atoms with Crippen molar-refractivity contribution in [2.24, 2.45) is 0 Å². The third-order valence-corrected chi connectivity index (χ3v) is 2.59. The Hall–Kier alpha value is -0.990. The molecule has 0 atom stereocenters. The highest BCUT2D eigenvalue weighted by atomic mass is 79.9. The van der Waals surface area contributed by atoms with Crippen LogP contribution in [0.15, 0.2) is 22.7 Å². The predicted molar refractivity (Wildman–Crippen MR) is 67.2 cm³/mol. The highest BCUT2D eigenvalue weighted by Gasteiger charge is 2.31. The van der Waals surface area contributed by atoms with E-state index in [9.17, 15) is 13.2 Å². The third kappa shape index (κ3) is 6.65. The first-order valence-electron chi connectivity index (χ1n) is 5.40. The molecule has 0 saturated carbocycles. The summed E-state index contributed by atoms with van der Waals surface area (Å²) >= 11 is 3.00. The molecule has 0 fully saturated rings. The van der Waals surface area contributed by atoms with Crippen LogP contribution in [-0.4, -0.2) is 37.8 Å². The number of nitrogens with one attached hydrogen (secondary N) is 1. The fourth-order valence-corrected chi connectivity index (χ4v) is 1.71. The van der Waals surface area contributed by atoms with E-state index in [1.807, 2.05) is 0 Å². The second-order valence-corrected chi connectivity index (χ2v) is 4.31. The van der Waals surface area contributed by atoms with E-state index in [1.54, 1.807) is 0 Å². The molecule has 108 valence electrons. The lowest BCUT2D eigenvalue weighted by Crippen LogP contribution is -2.17. The molecule has 0 heterocycles. The van der Waals surface area contributed by atoms with Gasteiger partial charge in [-0.3, -0.25) is 0 Å². The normalized spacial score (nSPS) is 11.4. The lowest BCUT2D eigenvalue weighted by atomic mass is 10.3. The zero-order valence-electron chi connectivity index (χ0n) is 9.84. The highest BCUT2D eigenvalue weighted by molar-refractivity contribution is 9.10. The standard InChI is InChI=1S/C11H13BrF3NO3/c12-9-7-8(16-3-5-18-6-4-17)1-2-10(9)19-11(13,14)15/h1-2,7,16-17H,3-6H2. The van der Waals surface area contributed by atoms with E-state index in [4.69, 9.17) is 9.84 Å². The van der Waals surface area contributed by atoms with Crippen LogP contribution in [0.1, 0.15) is 0 Å². The molecule has 19 heavy (non-hydrogen) atoms. The molecule has 0 aromatic heterocycles. The van der Waals surface area contributed by atoms with Crippen LogP contribution < -0.4 is 10.1 Å². The minimum Gasteiger partial charge on any atom is -0.405 e. The summed E-state index contributed by atoms with van der Waals surface area (Å²) in [6.07, 6.45) is -4.71. The van der Waals surface area contributed by atoms with Gasteiger partial charge in [0.2, 0.25) is 0 Å². The Morgan fingerprint density at radius 2 is 2.00 bits per heavy atom. The number of hydrogen-bond donors (Lipinski definition) is 2. The summed E-state index contributed by atoms with van der Waals surface area (Å²) in [7, 11) is 0. The van der Waals surface area contributed by atoms with Crippen molar-refractivity contribution in [2.75, 3.05) is 31.7 Å². The van der Waals surface area contributed by atoms with Crippen molar-refractivity contribution < 1.29 is 27.8 Å². The SMILES string of the molecule is OCCOCCNc1ccc(OC(F)(F)F)c(Br)c1. The van der Waals surface area contributed by atoms with Crippen molar-refractivity contribution in [1.82, 2.24) is 0 Å². The van der Waals surface area contributed by atoms with Gasteiger partial charge in [-0.15, -0.1) is 13.2 Å².